The van der Waals surface area contributed by atoms with Gasteiger partial charge in [-0.1, -0.05) is 11.6 Å². The topological polar surface area (TPSA) is 90.6 Å². The van der Waals surface area contributed by atoms with Gasteiger partial charge in [0.2, 0.25) is 0 Å². The number of anilines is 1. The van der Waals surface area contributed by atoms with Gasteiger partial charge in [0.1, 0.15) is 22.0 Å². The molecule has 164 valence electrons. The summed E-state index contributed by atoms with van der Waals surface area (Å²) in [6.45, 7) is 1.41. The van der Waals surface area contributed by atoms with Crippen molar-refractivity contribution in [3.05, 3.63) is 58.4 Å². The maximum atomic E-state index is 13.2. The van der Waals surface area contributed by atoms with Crippen molar-refractivity contribution in [2.45, 2.75) is 18.8 Å². The Morgan fingerprint density at radius 1 is 1.34 bits per heavy atom. The monoisotopic (exact) mass is 469 g/mol. The highest BCUT2D eigenvalue weighted by molar-refractivity contribution is 7.16. The highest BCUT2D eigenvalue weighted by Gasteiger charge is 2.26. The lowest BCUT2D eigenvalue weighted by molar-refractivity contribution is 0.0853. The van der Waals surface area contributed by atoms with Crippen molar-refractivity contribution in [2.75, 3.05) is 25.6 Å². The largest absolute Gasteiger partial charge is 0.496 e. The summed E-state index contributed by atoms with van der Waals surface area (Å²) in [6, 6.07) is 7.12. The maximum absolute atomic E-state index is 13.2. The molecule has 1 aromatic carbocycles. The van der Waals surface area contributed by atoms with Gasteiger partial charge in [-0.2, -0.15) is 5.10 Å². The summed E-state index contributed by atoms with van der Waals surface area (Å²) >= 11 is 7.75. The molecule has 1 aliphatic rings. The van der Waals surface area contributed by atoms with Gasteiger partial charge in [-0.3, -0.25) is 4.79 Å². The van der Waals surface area contributed by atoms with Crippen LogP contribution >= 0.6 is 22.9 Å². The van der Waals surface area contributed by atoms with Crippen LogP contribution in [-0.2, 0) is 4.74 Å². The Hall–Kier alpha value is -3.01. The highest BCUT2D eigenvalue weighted by atomic mass is 35.5. The first-order chi connectivity index (χ1) is 15.6. The third kappa shape index (κ3) is 3.94. The average molecular weight is 470 g/mol. The van der Waals surface area contributed by atoms with Crippen molar-refractivity contribution in [1.82, 2.24) is 19.6 Å². The fourth-order valence-electron chi connectivity index (χ4n) is 3.75. The molecular weight excluding hydrogens is 450 g/mol. The van der Waals surface area contributed by atoms with Crippen LogP contribution in [0, 0.1) is 0 Å². The molecule has 1 fully saturated rings. The molecule has 0 radical (unpaired) electrons. The molecule has 5 rings (SSSR count). The first kappa shape index (κ1) is 20.9. The lowest BCUT2D eigenvalue weighted by Crippen LogP contribution is -2.13. The molecule has 1 amide bonds. The number of hydrogen-bond acceptors (Lipinski definition) is 7. The number of methoxy groups -OCH3 is 1. The second kappa shape index (κ2) is 8.85. The summed E-state index contributed by atoms with van der Waals surface area (Å²) in [7, 11) is 1.60. The molecule has 8 nitrogen and oxygen atoms in total. The quantitative estimate of drug-likeness (QED) is 0.457. The first-order valence-corrected chi connectivity index (χ1v) is 11.4. The van der Waals surface area contributed by atoms with E-state index in [-0.39, 0.29) is 11.8 Å². The number of nitrogens with one attached hydrogen (secondary N) is 1. The van der Waals surface area contributed by atoms with Crippen LogP contribution in [0.2, 0.25) is 5.02 Å². The zero-order valence-corrected chi connectivity index (χ0v) is 18.8. The molecule has 0 unspecified atom stereocenters. The molecule has 10 heteroatoms. The van der Waals surface area contributed by atoms with E-state index in [0.717, 1.165) is 23.4 Å². The summed E-state index contributed by atoms with van der Waals surface area (Å²) < 4.78 is 12.6. The van der Waals surface area contributed by atoms with Crippen molar-refractivity contribution in [2.24, 2.45) is 0 Å². The van der Waals surface area contributed by atoms with E-state index in [2.05, 4.69) is 15.4 Å². The lowest BCUT2D eigenvalue weighted by Gasteiger charge is -2.19. The van der Waals surface area contributed by atoms with Gasteiger partial charge in [-0.15, -0.1) is 11.3 Å². The van der Waals surface area contributed by atoms with Crippen molar-refractivity contribution in [3.63, 3.8) is 0 Å². The summed E-state index contributed by atoms with van der Waals surface area (Å²) in [5.74, 6) is 0.608. The molecule has 1 saturated heterocycles. The average Bonchev–Trinajstić information content (AvgIpc) is 3.44. The summed E-state index contributed by atoms with van der Waals surface area (Å²) in [4.78, 5) is 22.4. The number of thiazole rings is 1. The van der Waals surface area contributed by atoms with E-state index in [0.29, 0.717) is 45.9 Å². The van der Waals surface area contributed by atoms with Crippen molar-refractivity contribution in [3.8, 4) is 17.0 Å². The number of hydrogen-bond donors (Lipinski definition) is 1. The number of ether oxygens (including phenoxy) is 2. The molecule has 0 bridgehead atoms. The van der Waals surface area contributed by atoms with E-state index in [4.69, 9.17) is 26.1 Å². The Labute approximate surface area is 193 Å². The Morgan fingerprint density at radius 3 is 3.00 bits per heavy atom. The number of carbonyl (C=O) groups is 1. The minimum atomic E-state index is -0.303. The third-order valence-electron chi connectivity index (χ3n) is 5.38. The van der Waals surface area contributed by atoms with Gasteiger partial charge >= 0.3 is 0 Å². The van der Waals surface area contributed by atoms with Gasteiger partial charge in [0.25, 0.3) is 5.91 Å². The van der Waals surface area contributed by atoms with E-state index in [1.807, 2.05) is 0 Å². The number of benzene rings is 1. The fourth-order valence-corrected chi connectivity index (χ4v) is 5.06. The summed E-state index contributed by atoms with van der Waals surface area (Å²) in [5, 5.41) is 9.39. The predicted octanol–water partition coefficient (Wildman–Crippen LogP) is 4.66. The van der Waals surface area contributed by atoms with E-state index >= 15 is 0 Å². The molecule has 1 aliphatic heterocycles. The Morgan fingerprint density at radius 2 is 2.19 bits per heavy atom. The number of nitrogens with zero attached hydrogens (tertiary/aromatic N) is 4. The minimum Gasteiger partial charge on any atom is -0.496 e. The third-order valence-corrected chi connectivity index (χ3v) is 6.75. The van der Waals surface area contributed by atoms with E-state index in [9.17, 15) is 4.79 Å². The van der Waals surface area contributed by atoms with Crippen molar-refractivity contribution in [1.29, 1.82) is 0 Å². The molecule has 32 heavy (non-hydrogen) atoms. The molecule has 1 N–H and O–H groups in total. The van der Waals surface area contributed by atoms with Crippen molar-refractivity contribution < 1.29 is 14.3 Å². The van der Waals surface area contributed by atoms with Crippen LogP contribution in [-0.4, -0.2) is 45.8 Å². The van der Waals surface area contributed by atoms with Crippen molar-refractivity contribution >= 4 is 39.5 Å². The normalized spacial score (nSPS) is 14.6. The van der Waals surface area contributed by atoms with Crippen LogP contribution in [0.1, 0.15) is 34.1 Å². The van der Waals surface area contributed by atoms with Crippen LogP contribution < -0.4 is 10.1 Å². The van der Waals surface area contributed by atoms with Gasteiger partial charge in [0.05, 0.1) is 18.3 Å². The smallest absolute Gasteiger partial charge is 0.261 e. The Kier molecular flexibility index (Phi) is 5.77. The van der Waals surface area contributed by atoms with Crippen LogP contribution in [0.4, 0.5) is 5.00 Å². The van der Waals surface area contributed by atoms with E-state index < -0.39 is 0 Å². The second-order valence-corrected chi connectivity index (χ2v) is 8.83. The lowest BCUT2D eigenvalue weighted by atomic mass is 10.0. The van der Waals surface area contributed by atoms with Gasteiger partial charge < -0.3 is 14.8 Å². The van der Waals surface area contributed by atoms with Crippen LogP contribution in [0.25, 0.3) is 16.9 Å². The molecule has 0 atom stereocenters. The molecule has 4 aromatic rings. The molecular formula is C22H20ClN5O3S. The predicted molar refractivity (Wildman–Crippen MR) is 123 cm³/mol. The SMILES string of the molecule is COc1ccc(Cl)cc1-c1nc(C2CCOCC2)sc1NC(=O)c1cnn2cccnc12. The number of halogens is 1. The number of rotatable bonds is 5. The van der Waals surface area contributed by atoms with Gasteiger partial charge in [0, 0.05) is 42.1 Å². The van der Waals surface area contributed by atoms with E-state index in [1.165, 1.54) is 17.5 Å². The number of aromatic nitrogens is 4. The maximum Gasteiger partial charge on any atom is 0.261 e. The number of amides is 1. The van der Waals surface area contributed by atoms with Gasteiger partial charge in [-0.05, 0) is 37.1 Å². The minimum absolute atomic E-state index is 0.280. The summed E-state index contributed by atoms with van der Waals surface area (Å²) in [6.07, 6.45) is 6.68. The molecule has 0 aliphatic carbocycles. The van der Waals surface area contributed by atoms with Gasteiger partial charge in [-0.25, -0.2) is 14.5 Å². The number of carbonyl (C=O) groups excluding carboxylic acids is 1. The number of fused-ring (bicyclic) bond motifs is 1. The molecule has 0 saturated carbocycles. The zero-order valence-electron chi connectivity index (χ0n) is 17.2. The fraction of sp³-hybridized carbons (Fsp3) is 0.273. The van der Waals surface area contributed by atoms with Crippen LogP contribution in [0.15, 0.2) is 42.9 Å². The Bertz CT molecular complexity index is 1280. The second-order valence-electron chi connectivity index (χ2n) is 7.36. The summed E-state index contributed by atoms with van der Waals surface area (Å²) in [5.41, 5.74) is 2.23. The molecule has 3 aromatic heterocycles. The molecule has 4 heterocycles. The van der Waals surface area contributed by atoms with E-state index in [1.54, 1.807) is 48.3 Å². The van der Waals surface area contributed by atoms with Crippen LogP contribution in [0.5, 0.6) is 5.75 Å². The van der Waals surface area contributed by atoms with Crippen LogP contribution in [0.3, 0.4) is 0 Å². The zero-order chi connectivity index (χ0) is 22.1. The highest BCUT2D eigenvalue weighted by Crippen LogP contribution is 2.43. The van der Waals surface area contributed by atoms with Gasteiger partial charge in [0.15, 0.2) is 5.65 Å². The Balaban J connectivity index is 1.56. The standard InChI is InChI=1S/C22H20ClN5O3S/c1-30-17-4-3-14(23)11-15(17)18-22(32-21(26-18)13-5-9-31-10-6-13)27-20(29)16-12-25-28-8-2-7-24-19(16)28/h2-4,7-8,11-13H,5-6,9-10H2,1H3,(H,27,29). The molecule has 0 spiro atoms. The first-order valence-electron chi connectivity index (χ1n) is 10.2.